The van der Waals surface area contributed by atoms with Crippen LogP contribution in [0.4, 0.5) is 24.5 Å². The van der Waals surface area contributed by atoms with Crippen molar-refractivity contribution in [2.24, 2.45) is 0 Å². The molecule has 0 saturated heterocycles. The van der Waals surface area contributed by atoms with E-state index in [0.717, 1.165) is 12.1 Å². The minimum Gasteiger partial charge on any atom is -0.508 e. The largest absolute Gasteiger partial charge is 0.508 e. The van der Waals surface area contributed by atoms with Crippen molar-refractivity contribution in [2.45, 2.75) is 6.18 Å². The molecule has 27 heavy (non-hydrogen) atoms. The number of phenolic OH excluding ortho intramolecular Hbond substituents is 1. The topological polar surface area (TPSA) is 119 Å². The summed E-state index contributed by atoms with van der Waals surface area (Å²) in [5, 5.41) is 22.2. The van der Waals surface area contributed by atoms with Gasteiger partial charge in [-0.2, -0.15) is 13.2 Å². The van der Waals surface area contributed by atoms with Crippen LogP contribution in [0.25, 0.3) is 0 Å². The molecule has 2 aromatic rings. The number of aromatic hydroxyl groups is 1. The maximum absolute atomic E-state index is 12.6. The van der Waals surface area contributed by atoms with Crippen LogP contribution in [0.5, 0.6) is 5.75 Å². The highest BCUT2D eigenvalue weighted by Gasteiger charge is 2.33. The van der Waals surface area contributed by atoms with Gasteiger partial charge in [0.2, 0.25) is 0 Å². The Labute approximate surface area is 149 Å². The summed E-state index contributed by atoms with van der Waals surface area (Å²) < 4.78 is 42.6. The molecular weight excluding hydrogens is 373 g/mol. The lowest BCUT2D eigenvalue weighted by atomic mass is 10.1. The maximum Gasteiger partial charge on any atom is 0.416 e. The molecule has 11 heteroatoms. The molecule has 0 heterocycles. The number of halogens is 3. The molecule has 0 aliphatic rings. The van der Waals surface area contributed by atoms with Crippen LogP contribution in [-0.4, -0.2) is 28.5 Å². The number of nitrogens with zero attached hydrogens (tertiary/aromatic N) is 1. The number of esters is 1. The second kappa shape index (κ2) is 7.72. The van der Waals surface area contributed by atoms with E-state index in [4.69, 9.17) is 0 Å². The number of anilines is 1. The molecule has 2 rings (SSSR count). The first-order valence-electron chi connectivity index (χ1n) is 7.19. The van der Waals surface area contributed by atoms with Gasteiger partial charge < -0.3 is 15.2 Å². The third kappa shape index (κ3) is 5.17. The summed E-state index contributed by atoms with van der Waals surface area (Å²) in [6, 6.07) is 6.69. The quantitative estimate of drug-likeness (QED) is 0.464. The van der Waals surface area contributed by atoms with E-state index < -0.39 is 46.5 Å². The first kappa shape index (κ1) is 19.7. The molecule has 0 radical (unpaired) electrons. The van der Waals surface area contributed by atoms with Gasteiger partial charge >= 0.3 is 12.1 Å². The SMILES string of the molecule is O=C(COC(=O)c1cccc(O)c1)Nc1ccc(C(F)(F)F)cc1[N+](=O)[O-]. The number of phenols is 1. The van der Waals surface area contributed by atoms with Crippen molar-refractivity contribution in [3.8, 4) is 5.75 Å². The molecule has 2 N–H and O–H groups in total. The van der Waals surface area contributed by atoms with Crippen molar-refractivity contribution < 1.29 is 37.5 Å². The molecule has 0 spiro atoms. The van der Waals surface area contributed by atoms with Crippen LogP contribution >= 0.6 is 0 Å². The van der Waals surface area contributed by atoms with Crippen LogP contribution in [-0.2, 0) is 15.7 Å². The number of carbonyl (C=O) groups excluding carboxylic acids is 2. The number of rotatable bonds is 5. The minimum atomic E-state index is -4.79. The van der Waals surface area contributed by atoms with Crippen molar-refractivity contribution in [2.75, 3.05) is 11.9 Å². The Bertz CT molecular complexity index is 898. The van der Waals surface area contributed by atoms with Crippen LogP contribution in [0.15, 0.2) is 42.5 Å². The highest BCUT2D eigenvalue weighted by Crippen LogP contribution is 2.34. The Hall–Kier alpha value is -3.63. The lowest BCUT2D eigenvalue weighted by molar-refractivity contribution is -0.384. The van der Waals surface area contributed by atoms with E-state index in [1.807, 2.05) is 5.32 Å². The fourth-order valence-corrected chi connectivity index (χ4v) is 2.00. The van der Waals surface area contributed by atoms with Gasteiger partial charge in [-0.15, -0.1) is 0 Å². The fourth-order valence-electron chi connectivity index (χ4n) is 2.00. The molecule has 0 aliphatic heterocycles. The summed E-state index contributed by atoms with van der Waals surface area (Å²) in [7, 11) is 0. The molecule has 0 unspecified atom stereocenters. The zero-order valence-corrected chi connectivity index (χ0v) is 13.3. The fraction of sp³-hybridized carbons (Fsp3) is 0.125. The third-order valence-corrected chi connectivity index (χ3v) is 3.21. The van der Waals surface area contributed by atoms with Gasteiger partial charge in [-0.05, 0) is 30.3 Å². The van der Waals surface area contributed by atoms with Crippen LogP contribution in [0.1, 0.15) is 15.9 Å². The van der Waals surface area contributed by atoms with Crippen molar-refractivity contribution in [3.63, 3.8) is 0 Å². The Morgan fingerprint density at radius 2 is 1.89 bits per heavy atom. The summed E-state index contributed by atoms with van der Waals surface area (Å²) >= 11 is 0. The van der Waals surface area contributed by atoms with Crippen LogP contribution < -0.4 is 5.32 Å². The maximum atomic E-state index is 12.6. The van der Waals surface area contributed by atoms with E-state index >= 15 is 0 Å². The van der Waals surface area contributed by atoms with Gasteiger partial charge in [0.05, 0.1) is 16.1 Å². The summed E-state index contributed by atoms with van der Waals surface area (Å²) in [4.78, 5) is 33.4. The second-order valence-electron chi connectivity index (χ2n) is 5.16. The van der Waals surface area contributed by atoms with Gasteiger partial charge in [0.25, 0.3) is 11.6 Å². The number of hydrogen-bond acceptors (Lipinski definition) is 6. The summed E-state index contributed by atoms with van der Waals surface area (Å²) in [5.41, 5.74) is -2.73. The molecule has 0 saturated carbocycles. The smallest absolute Gasteiger partial charge is 0.416 e. The Balaban J connectivity index is 2.07. The average molecular weight is 384 g/mol. The molecular formula is C16H11F3N2O6. The van der Waals surface area contributed by atoms with Gasteiger partial charge in [-0.25, -0.2) is 4.79 Å². The molecule has 0 aromatic heterocycles. The molecule has 0 fully saturated rings. The van der Waals surface area contributed by atoms with E-state index in [1.165, 1.54) is 18.2 Å². The first-order chi connectivity index (χ1) is 12.6. The molecule has 0 bridgehead atoms. The summed E-state index contributed by atoms with van der Waals surface area (Å²) in [6.07, 6.45) is -4.79. The lowest BCUT2D eigenvalue weighted by Crippen LogP contribution is -2.21. The number of nitro groups is 1. The zero-order valence-electron chi connectivity index (χ0n) is 13.3. The number of ether oxygens (including phenoxy) is 1. The van der Waals surface area contributed by atoms with E-state index in [-0.39, 0.29) is 17.4 Å². The zero-order chi connectivity index (χ0) is 20.2. The van der Waals surface area contributed by atoms with E-state index in [9.17, 15) is 38.0 Å². The number of amides is 1. The van der Waals surface area contributed by atoms with Gasteiger partial charge in [0, 0.05) is 6.07 Å². The third-order valence-electron chi connectivity index (χ3n) is 3.21. The second-order valence-corrected chi connectivity index (χ2v) is 5.16. The molecule has 1 amide bonds. The number of nitro benzene ring substituents is 1. The Morgan fingerprint density at radius 1 is 1.19 bits per heavy atom. The predicted molar refractivity (Wildman–Crippen MR) is 85.1 cm³/mol. The number of hydrogen-bond donors (Lipinski definition) is 2. The molecule has 0 atom stereocenters. The van der Waals surface area contributed by atoms with Gasteiger partial charge in [0.1, 0.15) is 11.4 Å². The van der Waals surface area contributed by atoms with E-state index in [0.29, 0.717) is 6.07 Å². The van der Waals surface area contributed by atoms with Crippen molar-refractivity contribution >= 4 is 23.3 Å². The van der Waals surface area contributed by atoms with E-state index in [2.05, 4.69) is 4.74 Å². The number of carbonyl (C=O) groups is 2. The Morgan fingerprint density at radius 3 is 2.48 bits per heavy atom. The highest BCUT2D eigenvalue weighted by atomic mass is 19.4. The van der Waals surface area contributed by atoms with Gasteiger partial charge in [-0.3, -0.25) is 14.9 Å². The standard InChI is InChI=1S/C16H11F3N2O6/c17-16(18,19)10-4-5-12(13(7-10)21(25)26)20-14(23)8-27-15(24)9-2-1-3-11(22)6-9/h1-7,22H,8H2,(H,20,23). The minimum absolute atomic E-state index is 0.0386. The molecule has 142 valence electrons. The van der Waals surface area contributed by atoms with E-state index in [1.54, 1.807) is 0 Å². The summed E-state index contributed by atoms with van der Waals surface area (Å²) in [6.45, 7) is -0.841. The predicted octanol–water partition coefficient (Wildman–Crippen LogP) is 3.11. The number of alkyl halides is 3. The number of nitrogens with one attached hydrogen (secondary N) is 1. The van der Waals surface area contributed by atoms with Crippen molar-refractivity contribution in [1.82, 2.24) is 0 Å². The summed E-state index contributed by atoms with van der Waals surface area (Å²) in [5.74, 6) is -2.14. The van der Waals surface area contributed by atoms with Crippen molar-refractivity contribution in [1.29, 1.82) is 0 Å². The lowest BCUT2D eigenvalue weighted by Gasteiger charge is -2.10. The van der Waals surface area contributed by atoms with Crippen molar-refractivity contribution in [3.05, 3.63) is 63.7 Å². The van der Waals surface area contributed by atoms with Crippen LogP contribution in [0.2, 0.25) is 0 Å². The number of benzene rings is 2. The van der Waals surface area contributed by atoms with Gasteiger partial charge in [0.15, 0.2) is 6.61 Å². The Kier molecular flexibility index (Phi) is 5.63. The normalized spacial score (nSPS) is 10.9. The average Bonchev–Trinajstić information content (AvgIpc) is 2.58. The molecule has 2 aromatic carbocycles. The molecule has 8 nitrogen and oxygen atoms in total. The van der Waals surface area contributed by atoms with Crippen LogP contribution in [0, 0.1) is 10.1 Å². The first-order valence-corrected chi connectivity index (χ1v) is 7.19. The monoisotopic (exact) mass is 384 g/mol. The highest BCUT2D eigenvalue weighted by molar-refractivity contribution is 5.97. The molecule has 0 aliphatic carbocycles. The van der Waals surface area contributed by atoms with Crippen LogP contribution in [0.3, 0.4) is 0 Å². The van der Waals surface area contributed by atoms with Gasteiger partial charge in [-0.1, -0.05) is 6.07 Å².